The van der Waals surface area contributed by atoms with Crippen LogP contribution in [0.1, 0.15) is 48.8 Å². The number of nitrogens with zero attached hydrogens (tertiary/aromatic N) is 1. The Morgan fingerprint density at radius 3 is 2.27 bits per heavy atom. The van der Waals surface area contributed by atoms with Crippen molar-refractivity contribution in [1.82, 2.24) is 4.90 Å². The summed E-state index contributed by atoms with van der Waals surface area (Å²) in [5, 5.41) is 11.2. The topological polar surface area (TPSA) is 23.5 Å². The molecular formula is C21H22F3NO. The molecule has 2 fully saturated rings. The van der Waals surface area contributed by atoms with Gasteiger partial charge in [0.25, 0.3) is 6.43 Å². The Balaban J connectivity index is 1.55. The van der Waals surface area contributed by atoms with Crippen LogP contribution in [0.2, 0.25) is 0 Å². The summed E-state index contributed by atoms with van der Waals surface area (Å²) in [5.41, 5.74) is -0.111. The summed E-state index contributed by atoms with van der Waals surface area (Å²) in [7, 11) is 0. The molecule has 0 amide bonds. The second-order valence-electron chi connectivity index (χ2n) is 7.52. The first kappa shape index (κ1) is 17.6. The number of rotatable bonds is 4. The maximum Gasteiger partial charge on any atom is 0.266 e. The second-order valence-corrected chi connectivity index (χ2v) is 7.52. The average Bonchev–Trinajstić information content (AvgIpc) is 2.86. The Hall–Kier alpha value is -1.85. The molecule has 2 aromatic carbocycles. The van der Waals surface area contributed by atoms with Gasteiger partial charge >= 0.3 is 0 Å². The van der Waals surface area contributed by atoms with Gasteiger partial charge in [0.05, 0.1) is 11.2 Å². The second kappa shape index (κ2) is 6.71. The van der Waals surface area contributed by atoms with Crippen molar-refractivity contribution in [3.05, 3.63) is 71.0 Å². The highest BCUT2D eigenvalue weighted by Gasteiger charge is 2.48. The van der Waals surface area contributed by atoms with E-state index in [4.69, 9.17) is 0 Å². The Morgan fingerprint density at radius 1 is 1.04 bits per heavy atom. The molecule has 138 valence electrons. The lowest BCUT2D eigenvalue weighted by Crippen LogP contribution is -2.49. The number of hydrogen-bond acceptors (Lipinski definition) is 2. The monoisotopic (exact) mass is 361 g/mol. The maximum absolute atomic E-state index is 14.0. The molecule has 0 aromatic heterocycles. The number of aliphatic hydroxyl groups is 1. The molecular weight excluding hydrogens is 339 g/mol. The molecule has 0 radical (unpaired) electrons. The summed E-state index contributed by atoms with van der Waals surface area (Å²) in [4.78, 5) is 2.42. The molecule has 0 saturated carbocycles. The predicted molar refractivity (Wildman–Crippen MR) is 93.3 cm³/mol. The van der Waals surface area contributed by atoms with E-state index in [2.05, 4.69) is 17.0 Å². The molecule has 26 heavy (non-hydrogen) atoms. The number of benzene rings is 2. The van der Waals surface area contributed by atoms with Gasteiger partial charge in [0.2, 0.25) is 0 Å². The van der Waals surface area contributed by atoms with Crippen LogP contribution in [0.4, 0.5) is 13.2 Å². The van der Waals surface area contributed by atoms with Crippen LogP contribution in [0.15, 0.2) is 48.5 Å². The number of fused-ring (bicyclic) bond motifs is 2. The molecule has 0 aliphatic carbocycles. The first-order valence-electron chi connectivity index (χ1n) is 9.06. The van der Waals surface area contributed by atoms with Crippen molar-refractivity contribution in [2.24, 2.45) is 0 Å². The zero-order chi connectivity index (χ0) is 18.3. The summed E-state index contributed by atoms with van der Waals surface area (Å²) >= 11 is 0. The minimum absolute atomic E-state index is 0.219. The molecule has 2 bridgehead atoms. The summed E-state index contributed by atoms with van der Waals surface area (Å²) in [6.07, 6.45) is 0.158. The highest BCUT2D eigenvalue weighted by atomic mass is 19.3. The van der Waals surface area contributed by atoms with Crippen LogP contribution < -0.4 is 0 Å². The molecule has 2 unspecified atom stereocenters. The van der Waals surface area contributed by atoms with Gasteiger partial charge in [0.15, 0.2) is 0 Å². The number of halogens is 3. The van der Waals surface area contributed by atoms with Crippen molar-refractivity contribution in [2.45, 2.75) is 56.3 Å². The molecule has 2 saturated heterocycles. The minimum atomic E-state index is -2.84. The molecule has 2 nitrogen and oxygen atoms in total. The van der Waals surface area contributed by atoms with Crippen molar-refractivity contribution in [3.8, 4) is 0 Å². The van der Waals surface area contributed by atoms with Crippen LogP contribution in [-0.4, -0.2) is 22.1 Å². The van der Waals surface area contributed by atoms with E-state index in [0.717, 1.165) is 31.5 Å². The van der Waals surface area contributed by atoms with Gasteiger partial charge in [-0.2, -0.15) is 0 Å². The number of hydrogen-bond donors (Lipinski definition) is 1. The summed E-state index contributed by atoms with van der Waals surface area (Å²) in [6, 6.07) is 14.3. The van der Waals surface area contributed by atoms with E-state index in [1.807, 2.05) is 18.2 Å². The lowest BCUT2D eigenvalue weighted by atomic mass is 9.80. The van der Waals surface area contributed by atoms with Crippen molar-refractivity contribution in [3.63, 3.8) is 0 Å². The van der Waals surface area contributed by atoms with Gasteiger partial charge < -0.3 is 5.11 Å². The van der Waals surface area contributed by atoms with Crippen LogP contribution in [-0.2, 0) is 12.1 Å². The van der Waals surface area contributed by atoms with Gasteiger partial charge in [-0.1, -0.05) is 42.5 Å². The smallest absolute Gasteiger partial charge is 0.266 e. The largest absolute Gasteiger partial charge is 0.385 e. The van der Waals surface area contributed by atoms with Gasteiger partial charge in [-0.25, -0.2) is 13.2 Å². The van der Waals surface area contributed by atoms with E-state index in [1.54, 1.807) is 0 Å². The first-order valence-corrected chi connectivity index (χ1v) is 9.06. The third-order valence-electron chi connectivity index (χ3n) is 5.90. The first-order chi connectivity index (χ1) is 12.5. The summed E-state index contributed by atoms with van der Waals surface area (Å²) < 4.78 is 39.6. The molecule has 0 spiro atoms. The van der Waals surface area contributed by atoms with Crippen LogP contribution in [0, 0.1) is 5.82 Å². The number of piperidine rings is 1. The van der Waals surface area contributed by atoms with Crippen molar-refractivity contribution in [2.75, 3.05) is 0 Å². The van der Waals surface area contributed by atoms with Crippen LogP contribution in [0.5, 0.6) is 0 Å². The highest BCUT2D eigenvalue weighted by Crippen LogP contribution is 2.46. The third kappa shape index (κ3) is 3.14. The van der Waals surface area contributed by atoms with Gasteiger partial charge in [0, 0.05) is 18.6 Å². The molecule has 2 atom stereocenters. The Labute approximate surface area is 151 Å². The standard InChI is InChI=1S/C21H22F3NO/c22-19-10-15(6-9-18(19)20(23)24)21(26)11-16-7-8-17(12-21)25(16)13-14-4-2-1-3-5-14/h1-6,9-10,16-17,20,26H,7-8,11-13H2. The molecule has 2 aromatic rings. The summed E-state index contributed by atoms with van der Waals surface area (Å²) in [5.74, 6) is -0.940. The Kier molecular flexibility index (Phi) is 4.53. The quantitative estimate of drug-likeness (QED) is 0.847. The fourth-order valence-corrected chi connectivity index (χ4v) is 4.60. The van der Waals surface area contributed by atoms with E-state index in [9.17, 15) is 18.3 Å². The maximum atomic E-state index is 14.0. The van der Waals surface area contributed by atoms with E-state index in [-0.39, 0.29) is 12.1 Å². The highest BCUT2D eigenvalue weighted by molar-refractivity contribution is 5.31. The minimum Gasteiger partial charge on any atom is -0.385 e. The van der Waals surface area contributed by atoms with E-state index < -0.39 is 23.4 Å². The van der Waals surface area contributed by atoms with Gasteiger partial charge in [-0.3, -0.25) is 4.90 Å². The predicted octanol–water partition coefficient (Wildman–Crippen LogP) is 4.78. The lowest BCUT2D eigenvalue weighted by Gasteiger charge is -2.44. The fraction of sp³-hybridized carbons (Fsp3) is 0.429. The SMILES string of the molecule is OC1(c2ccc(C(F)F)c(F)c2)CC2CCC(C1)N2Cc1ccccc1. The van der Waals surface area contributed by atoms with E-state index in [0.29, 0.717) is 18.4 Å². The third-order valence-corrected chi connectivity index (χ3v) is 5.90. The zero-order valence-corrected chi connectivity index (χ0v) is 14.4. The molecule has 2 aliphatic rings. The zero-order valence-electron chi connectivity index (χ0n) is 14.4. The lowest BCUT2D eigenvalue weighted by molar-refractivity contribution is -0.0597. The van der Waals surface area contributed by atoms with Crippen LogP contribution in [0.25, 0.3) is 0 Å². The number of alkyl halides is 2. The Bertz CT molecular complexity index is 766. The molecule has 2 aliphatic heterocycles. The molecule has 2 heterocycles. The summed E-state index contributed by atoms with van der Waals surface area (Å²) in [6.45, 7) is 0.838. The normalized spacial score (nSPS) is 28.7. The molecule has 5 heteroatoms. The Morgan fingerprint density at radius 2 is 1.69 bits per heavy atom. The van der Waals surface area contributed by atoms with E-state index in [1.165, 1.54) is 11.6 Å². The molecule has 1 N–H and O–H groups in total. The van der Waals surface area contributed by atoms with Crippen molar-refractivity contribution in [1.29, 1.82) is 0 Å². The van der Waals surface area contributed by atoms with Crippen LogP contribution >= 0.6 is 0 Å². The fourth-order valence-electron chi connectivity index (χ4n) is 4.60. The van der Waals surface area contributed by atoms with Crippen molar-refractivity contribution < 1.29 is 18.3 Å². The van der Waals surface area contributed by atoms with Crippen molar-refractivity contribution >= 4 is 0 Å². The van der Waals surface area contributed by atoms with Gasteiger partial charge in [0.1, 0.15) is 5.82 Å². The van der Waals surface area contributed by atoms with Gasteiger partial charge in [-0.15, -0.1) is 0 Å². The van der Waals surface area contributed by atoms with E-state index >= 15 is 0 Å². The van der Waals surface area contributed by atoms with Gasteiger partial charge in [-0.05, 0) is 42.9 Å². The molecule has 4 rings (SSSR count). The average molecular weight is 361 g/mol. The van der Waals surface area contributed by atoms with Crippen LogP contribution in [0.3, 0.4) is 0 Å².